The summed E-state index contributed by atoms with van der Waals surface area (Å²) >= 11 is 0. The van der Waals surface area contributed by atoms with Crippen molar-refractivity contribution in [3.63, 3.8) is 0 Å². The first-order valence-electron chi connectivity index (χ1n) is 6.66. The summed E-state index contributed by atoms with van der Waals surface area (Å²) in [5.41, 5.74) is 0.670. The molecule has 1 heterocycles. The monoisotopic (exact) mass is 295 g/mol. The van der Waals surface area contributed by atoms with Gasteiger partial charge in [0.05, 0.1) is 19.4 Å². The predicted molar refractivity (Wildman–Crippen MR) is 75.7 cm³/mol. The van der Waals surface area contributed by atoms with E-state index >= 15 is 0 Å². The Morgan fingerprint density at radius 1 is 1.29 bits per heavy atom. The number of aliphatic hydroxyl groups excluding tert-OH is 1. The summed E-state index contributed by atoms with van der Waals surface area (Å²) in [6.07, 6.45) is 0.585. The number of nitrogens with zero attached hydrogens (tertiary/aromatic N) is 1. The Kier molecular flexibility index (Phi) is 5.84. The van der Waals surface area contributed by atoms with Crippen molar-refractivity contribution in [3.8, 4) is 0 Å². The predicted octanol–water partition coefficient (Wildman–Crippen LogP) is 1.63. The maximum Gasteiger partial charge on any atom is 0.356 e. The van der Waals surface area contributed by atoms with E-state index < -0.39 is 11.6 Å². The summed E-state index contributed by atoms with van der Waals surface area (Å²) in [6, 6.07) is 3.20. The largest absolute Gasteiger partial charge is 0.464 e. The number of aliphatic hydroxyl groups is 1. The van der Waals surface area contributed by atoms with Crippen molar-refractivity contribution in [1.82, 2.24) is 4.98 Å². The molecule has 0 amide bonds. The van der Waals surface area contributed by atoms with Crippen molar-refractivity contribution in [2.24, 2.45) is 0 Å². The Bertz CT molecular complexity index is 519. The molecule has 6 heteroatoms. The van der Waals surface area contributed by atoms with Gasteiger partial charge in [-0.2, -0.15) is 0 Å². The van der Waals surface area contributed by atoms with Crippen molar-refractivity contribution in [2.75, 3.05) is 7.11 Å². The molecular formula is C15H21NO5. The molecule has 0 aliphatic carbocycles. The van der Waals surface area contributed by atoms with Crippen LogP contribution in [0.2, 0.25) is 0 Å². The lowest BCUT2D eigenvalue weighted by Crippen LogP contribution is -2.24. The molecule has 0 saturated carbocycles. The van der Waals surface area contributed by atoms with Crippen LogP contribution in [0.25, 0.3) is 0 Å². The van der Waals surface area contributed by atoms with Crippen molar-refractivity contribution in [3.05, 3.63) is 29.1 Å². The van der Waals surface area contributed by atoms with Gasteiger partial charge in [-0.25, -0.2) is 9.78 Å². The Labute approximate surface area is 124 Å². The average Bonchev–Trinajstić information content (AvgIpc) is 2.42. The van der Waals surface area contributed by atoms with Gasteiger partial charge in [0, 0.05) is 6.42 Å². The molecule has 0 atom stereocenters. The molecule has 0 radical (unpaired) electrons. The van der Waals surface area contributed by atoms with Crippen LogP contribution in [-0.4, -0.2) is 34.7 Å². The second-order valence-corrected chi connectivity index (χ2v) is 5.59. The third kappa shape index (κ3) is 5.91. The van der Waals surface area contributed by atoms with Crippen LogP contribution in [0, 0.1) is 0 Å². The molecule has 1 N–H and O–H groups in total. The molecule has 0 unspecified atom stereocenters. The Hall–Kier alpha value is -1.95. The normalized spacial score (nSPS) is 11.1. The molecular weight excluding hydrogens is 274 g/mol. The maximum atomic E-state index is 11.7. The van der Waals surface area contributed by atoms with Crippen LogP contribution in [0.1, 0.15) is 48.9 Å². The molecule has 0 bridgehead atoms. The summed E-state index contributed by atoms with van der Waals surface area (Å²) in [5, 5.41) is 9.16. The maximum absolute atomic E-state index is 11.7. The summed E-state index contributed by atoms with van der Waals surface area (Å²) in [7, 11) is 1.26. The first kappa shape index (κ1) is 17.1. The summed E-state index contributed by atoms with van der Waals surface area (Å²) < 4.78 is 9.83. The van der Waals surface area contributed by atoms with Crippen molar-refractivity contribution in [1.29, 1.82) is 0 Å². The number of methoxy groups -OCH3 is 1. The van der Waals surface area contributed by atoms with E-state index in [1.807, 2.05) is 0 Å². The number of ether oxygens (including phenoxy) is 2. The second-order valence-electron chi connectivity index (χ2n) is 5.59. The van der Waals surface area contributed by atoms with E-state index in [4.69, 9.17) is 9.84 Å². The molecule has 1 aromatic rings. The molecule has 6 nitrogen and oxygen atoms in total. The fraction of sp³-hybridized carbons (Fsp3) is 0.533. The Morgan fingerprint density at radius 3 is 2.48 bits per heavy atom. The first-order valence-corrected chi connectivity index (χ1v) is 6.66. The van der Waals surface area contributed by atoms with Crippen LogP contribution in [0.4, 0.5) is 0 Å². The van der Waals surface area contributed by atoms with Crippen LogP contribution in [0.15, 0.2) is 12.1 Å². The number of carbonyl (C=O) groups excluding carboxylic acids is 2. The van der Waals surface area contributed by atoms with E-state index in [-0.39, 0.29) is 24.7 Å². The highest BCUT2D eigenvalue weighted by Crippen LogP contribution is 2.13. The van der Waals surface area contributed by atoms with Crippen LogP contribution < -0.4 is 0 Å². The van der Waals surface area contributed by atoms with Gasteiger partial charge in [0.25, 0.3) is 0 Å². The van der Waals surface area contributed by atoms with Crippen LogP contribution >= 0.6 is 0 Å². The average molecular weight is 295 g/mol. The molecule has 0 fully saturated rings. The van der Waals surface area contributed by atoms with E-state index in [9.17, 15) is 9.59 Å². The lowest BCUT2D eigenvalue weighted by molar-refractivity contribution is -0.154. The van der Waals surface area contributed by atoms with Gasteiger partial charge >= 0.3 is 11.9 Å². The van der Waals surface area contributed by atoms with Crippen molar-refractivity contribution in [2.45, 2.75) is 45.8 Å². The first-order chi connectivity index (χ1) is 9.75. The number of pyridine rings is 1. The highest BCUT2D eigenvalue weighted by atomic mass is 16.6. The number of aromatic nitrogens is 1. The molecule has 0 saturated heterocycles. The van der Waals surface area contributed by atoms with E-state index in [1.165, 1.54) is 7.11 Å². The van der Waals surface area contributed by atoms with Gasteiger partial charge in [0.2, 0.25) is 0 Å². The van der Waals surface area contributed by atoms with Crippen LogP contribution in [0.3, 0.4) is 0 Å². The Morgan fingerprint density at radius 2 is 1.95 bits per heavy atom. The van der Waals surface area contributed by atoms with Gasteiger partial charge in [0.15, 0.2) is 0 Å². The van der Waals surface area contributed by atoms with Gasteiger partial charge in [-0.15, -0.1) is 0 Å². The fourth-order valence-corrected chi connectivity index (χ4v) is 1.72. The standard InChI is InChI=1S/C15H21NO5/c1-15(2,3)21-13(18)6-5-10-7-11(9-17)16-12(8-10)14(19)20-4/h7-8,17H,5-6,9H2,1-4H3. The number of hydrogen-bond acceptors (Lipinski definition) is 6. The zero-order valence-corrected chi connectivity index (χ0v) is 12.8. The fourth-order valence-electron chi connectivity index (χ4n) is 1.72. The molecule has 0 aromatic carbocycles. The van der Waals surface area contributed by atoms with Gasteiger partial charge in [-0.1, -0.05) is 0 Å². The quantitative estimate of drug-likeness (QED) is 0.831. The number of carbonyl (C=O) groups is 2. The highest BCUT2D eigenvalue weighted by Gasteiger charge is 2.17. The SMILES string of the molecule is COC(=O)c1cc(CCC(=O)OC(C)(C)C)cc(CO)n1. The summed E-state index contributed by atoms with van der Waals surface area (Å²) in [5.74, 6) is -0.895. The molecule has 21 heavy (non-hydrogen) atoms. The molecule has 0 aliphatic heterocycles. The van der Waals surface area contributed by atoms with E-state index in [0.29, 0.717) is 12.1 Å². The molecule has 1 aromatic heterocycles. The van der Waals surface area contributed by atoms with Crippen LogP contribution in [-0.2, 0) is 27.3 Å². The van der Waals surface area contributed by atoms with Crippen LogP contribution in [0.5, 0.6) is 0 Å². The van der Waals surface area contributed by atoms with E-state index in [2.05, 4.69) is 9.72 Å². The number of rotatable bonds is 5. The smallest absolute Gasteiger partial charge is 0.356 e. The number of aryl methyl sites for hydroxylation is 1. The van der Waals surface area contributed by atoms with Gasteiger partial charge in [-0.05, 0) is 44.9 Å². The third-order valence-electron chi connectivity index (χ3n) is 2.53. The zero-order chi connectivity index (χ0) is 16.0. The summed E-state index contributed by atoms with van der Waals surface area (Å²) in [4.78, 5) is 27.2. The zero-order valence-electron chi connectivity index (χ0n) is 12.8. The minimum Gasteiger partial charge on any atom is -0.464 e. The highest BCUT2D eigenvalue weighted by molar-refractivity contribution is 5.87. The van der Waals surface area contributed by atoms with Gasteiger partial charge < -0.3 is 14.6 Å². The summed E-state index contributed by atoms with van der Waals surface area (Å²) in [6.45, 7) is 5.12. The minimum atomic E-state index is -0.580. The van der Waals surface area contributed by atoms with Crippen molar-refractivity contribution >= 4 is 11.9 Å². The van der Waals surface area contributed by atoms with E-state index in [0.717, 1.165) is 5.56 Å². The van der Waals surface area contributed by atoms with E-state index in [1.54, 1.807) is 32.9 Å². The third-order valence-corrected chi connectivity index (χ3v) is 2.53. The lowest BCUT2D eigenvalue weighted by atomic mass is 10.1. The molecule has 0 aliphatic rings. The Balaban J connectivity index is 2.79. The number of hydrogen-bond donors (Lipinski definition) is 1. The molecule has 1 rings (SSSR count). The topological polar surface area (TPSA) is 85.7 Å². The van der Waals surface area contributed by atoms with Crippen molar-refractivity contribution < 1.29 is 24.2 Å². The molecule has 116 valence electrons. The second kappa shape index (κ2) is 7.17. The molecule has 0 spiro atoms. The van der Waals surface area contributed by atoms with Gasteiger partial charge in [0.1, 0.15) is 11.3 Å². The number of esters is 2. The minimum absolute atomic E-state index is 0.114. The lowest BCUT2D eigenvalue weighted by Gasteiger charge is -2.19. The van der Waals surface area contributed by atoms with Gasteiger partial charge in [-0.3, -0.25) is 4.79 Å².